The van der Waals surface area contributed by atoms with E-state index in [1.165, 1.54) is 16.7 Å². The summed E-state index contributed by atoms with van der Waals surface area (Å²) < 4.78 is 17.2. The number of halogens is 3. The average molecular weight is 650 g/mol. The summed E-state index contributed by atoms with van der Waals surface area (Å²) in [5, 5.41) is 1.57. The molecule has 1 fully saturated rings. The number of likely N-dealkylation sites (N-methyl/N-ethyl adjacent to an activating group) is 1. The van der Waals surface area contributed by atoms with E-state index >= 15 is 0 Å². The highest BCUT2D eigenvalue weighted by Crippen LogP contribution is 2.40. The van der Waals surface area contributed by atoms with E-state index in [1.54, 1.807) is 75.7 Å². The van der Waals surface area contributed by atoms with Crippen molar-refractivity contribution in [3.8, 4) is 11.5 Å². The fraction of sp³-hybridized carbons (Fsp3) is 0.179. The predicted molar refractivity (Wildman–Crippen MR) is 159 cm³/mol. The van der Waals surface area contributed by atoms with Crippen LogP contribution in [0.1, 0.15) is 28.4 Å². The molecule has 0 unspecified atom stereocenters. The lowest BCUT2D eigenvalue weighted by Gasteiger charge is -2.14. The summed E-state index contributed by atoms with van der Waals surface area (Å²) in [6.45, 7) is 2.27. The topological polar surface area (TPSA) is 77.4 Å². The maximum absolute atomic E-state index is 13.0. The lowest BCUT2D eigenvalue weighted by molar-refractivity contribution is -0.121. The molecule has 1 heterocycles. The van der Waals surface area contributed by atoms with Crippen molar-refractivity contribution in [2.75, 3.05) is 20.8 Å². The second-order valence-electron chi connectivity index (χ2n) is 8.20. The second-order valence-corrected chi connectivity index (χ2v) is 10.9. The molecule has 7 nitrogen and oxygen atoms in total. The van der Waals surface area contributed by atoms with Gasteiger partial charge in [-0.1, -0.05) is 29.3 Å². The van der Waals surface area contributed by atoms with Crippen LogP contribution in [0.4, 0.5) is 5.69 Å². The van der Waals surface area contributed by atoms with Crippen molar-refractivity contribution in [1.82, 2.24) is 4.90 Å². The number of nitrogens with zero attached hydrogens (tertiary/aromatic N) is 2. The molecule has 0 atom stereocenters. The van der Waals surface area contributed by atoms with Gasteiger partial charge in [0, 0.05) is 22.7 Å². The summed E-state index contributed by atoms with van der Waals surface area (Å²) in [5.74, 6) is 0.410. The Labute approximate surface area is 248 Å². The highest BCUT2D eigenvalue weighted by Gasteiger charge is 2.30. The van der Waals surface area contributed by atoms with Crippen LogP contribution in [0.5, 0.6) is 11.5 Å². The van der Waals surface area contributed by atoms with Gasteiger partial charge in [0.2, 0.25) is 0 Å². The SMILES string of the molecule is CCOC(=O)c1ccc(N=C2S/C(=C\c3cc(Br)c(OCc4ccc(Cl)cc4Cl)c(OC)c3)C(=O)N2C)cc1. The van der Waals surface area contributed by atoms with E-state index in [1.807, 2.05) is 6.07 Å². The number of amidine groups is 1. The van der Waals surface area contributed by atoms with Gasteiger partial charge in [-0.25, -0.2) is 9.79 Å². The molecule has 0 spiro atoms. The number of esters is 1. The smallest absolute Gasteiger partial charge is 0.338 e. The molecule has 0 saturated carbocycles. The van der Waals surface area contributed by atoms with Crippen LogP contribution in [-0.4, -0.2) is 42.7 Å². The van der Waals surface area contributed by atoms with Gasteiger partial charge in [-0.15, -0.1) is 0 Å². The molecule has 0 bridgehead atoms. The Kier molecular flexibility index (Phi) is 9.61. The van der Waals surface area contributed by atoms with E-state index in [4.69, 9.17) is 37.4 Å². The lowest BCUT2D eigenvalue weighted by atomic mass is 10.1. The minimum absolute atomic E-state index is 0.185. The Balaban J connectivity index is 1.53. The molecule has 3 aromatic carbocycles. The van der Waals surface area contributed by atoms with Gasteiger partial charge in [0.1, 0.15) is 6.61 Å². The van der Waals surface area contributed by atoms with Gasteiger partial charge in [-0.3, -0.25) is 9.69 Å². The van der Waals surface area contributed by atoms with Crippen molar-refractivity contribution in [3.63, 3.8) is 0 Å². The molecule has 1 aliphatic rings. The highest BCUT2D eigenvalue weighted by atomic mass is 79.9. The zero-order chi connectivity index (χ0) is 28.1. The molecule has 3 aromatic rings. The molecule has 11 heteroatoms. The van der Waals surface area contributed by atoms with E-state index in [9.17, 15) is 9.59 Å². The van der Waals surface area contributed by atoms with Crippen molar-refractivity contribution in [2.45, 2.75) is 13.5 Å². The third-order valence-electron chi connectivity index (χ3n) is 5.54. The molecule has 1 saturated heterocycles. The molecule has 0 N–H and O–H groups in total. The third-order valence-corrected chi connectivity index (χ3v) is 7.78. The average Bonchev–Trinajstić information content (AvgIpc) is 3.16. The van der Waals surface area contributed by atoms with E-state index in [2.05, 4.69) is 20.9 Å². The van der Waals surface area contributed by atoms with Crippen molar-refractivity contribution in [3.05, 3.63) is 90.7 Å². The lowest BCUT2D eigenvalue weighted by Crippen LogP contribution is -2.23. The molecule has 0 aromatic heterocycles. The number of rotatable bonds is 8. The monoisotopic (exact) mass is 648 g/mol. The minimum Gasteiger partial charge on any atom is -0.493 e. The fourth-order valence-electron chi connectivity index (χ4n) is 3.55. The van der Waals surface area contributed by atoms with Crippen LogP contribution in [0, 0.1) is 0 Å². The van der Waals surface area contributed by atoms with Gasteiger partial charge in [0.15, 0.2) is 16.7 Å². The van der Waals surface area contributed by atoms with Crippen molar-refractivity contribution >= 4 is 79.7 Å². The minimum atomic E-state index is -0.392. The number of carbonyl (C=O) groups excluding carboxylic acids is 2. The van der Waals surface area contributed by atoms with Crippen LogP contribution in [0.25, 0.3) is 6.08 Å². The largest absolute Gasteiger partial charge is 0.493 e. The third kappa shape index (κ3) is 6.97. The number of hydrogen-bond donors (Lipinski definition) is 0. The van der Waals surface area contributed by atoms with Crippen molar-refractivity contribution in [1.29, 1.82) is 0 Å². The van der Waals surface area contributed by atoms with Crippen LogP contribution in [0.2, 0.25) is 10.0 Å². The summed E-state index contributed by atoms with van der Waals surface area (Å²) in [7, 11) is 3.21. The number of amides is 1. The van der Waals surface area contributed by atoms with Gasteiger partial charge >= 0.3 is 5.97 Å². The van der Waals surface area contributed by atoms with E-state index < -0.39 is 5.97 Å². The molecular formula is C28H23BrCl2N2O5S. The first-order valence-electron chi connectivity index (χ1n) is 11.7. The normalized spacial score (nSPS) is 15.2. The molecular weight excluding hydrogens is 627 g/mol. The maximum Gasteiger partial charge on any atom is 0.338 e. The van der Waals surface area contributed by atoms with Crippen LogP contribution in [0.3, 0.4) is 0 Å². The molecule has 1 aliphatic heterocycles. The van der Waals surface area contributed by atoms with Gasteiger partial charge in [0.05, 0.1) is 34.3 Å². The quantitative estimate of drug-likeness (QED) is 0.183. The van der Waals surface area contributed by atoms with Crippen LogP contribution in [-0.2, 0) is 16.1 Å². The van der Waals surface area contributed by atoms with Gasteiger partial charge in [-0.05, 0) is 94.8 Å². The summed E-state index contributed by atoms with van der Waals surface area (Å²) in [4.78, 5) is 31.4. The number of hydrogen-bond acceptors (Lipinski definition) is 7. The van der Waals surface area contributed by atoms with Crippen LogP contribution in [0.15, 0.2) is 69.0 Å². The maximum atomic E-state index is 13.0. The Morgan fingerprint density at radius 3 is 2.54 bits per heavy atom. The van der Waals surface area contributed by atoms with Crippen molar-refractivity contribution < 1.29 is 23.8 Å². The van der Waals surface area contributed by atoms with E-state index in [0.717, 1.165) is 11.1 Å². The summed E-state index contributed by atoms with van der Waals surface area (Å²) in [6, 6.07) is 15.5. The number of aliphatic imine (C=N–C) groups is 1. The number of benzene rings is 3. The molecule has 4 rings (SSSR count). The van der Waals surface area contributed by atoms with Crippen LogP contribution < -0.4 is 9.47 Å². The standard InChI is InChI=1S/C28H23BrCl2N2O5S/c1-4-37-27(35)17-6-9-20(10-7-17)32-28-33(2)26(34)24(39-28)13-16-11-21(29)25(23(12-16)36-3)38-15-18-5-8-19(30)14-22(18)31/h5-14H,4,15H2,1-3H3/b24-13-,32-28?. The predicted octanol–water partition coefficient (Wildman–Crippen LogP) is 7.75. The Morgan fingerprint density at radius 1 is 1.13 bits per heavy atom. The van der Waals surface area contributed by atoms with Crippen molar-refractivity contribution in [2.24, 2.45) is 4.99 Å². The first kappa shape index (κ1) is 29.0. The molecule has 39 heavy (non-hydrogen) atoms. The second kappa shape index (κ2) is 12.9. The van der Waals surface area contributed by atoms with Gasteiger partial charge in [-0.2, -0.15) is 0 Å². The summed E-state index contributed by atoms with van der Waals surface area (Å²) >= 11 is 17.1. The summed E-state index contributed by atoms with van der Waals surface area (Å²) in [6.07, 6.45) is 1.77. The highest BCUT2D eigenvalue weighted by molar-refractivity contribution is 9.10. The number of ether oxygens (including phenoxy) is 3. The Bertz CT molecular complexity index is 1480. The molecule has 202 valence electrons. The zero-order valence-corrected chi connectivity index (χ0v) is 25.1. The molecule has 1 amide bonds. The number of methoxy groups -OCH3 is 1. The van der Waals surface area contributed by atoms with E-state index in [-0.39, 0.29) is 12.5 Å². The Morgan fingerprint density at radius 2 is 1.87 bits per heavy atom. The van der Waals surface area contributed by atoms with Gasteiger partial charge in [0.25, 0.3) is 5.91 Å². The summed E-state index contributed by atoms with van der Waals surface area (Å²) in [5.41, 5.74) is 2.56. The zero-order valence-electron chi connectivity index (χ0n) is 21.2. The Hall–Kier alpha value is -2.98. The first-order valence-corrected chi connectivity index (χ1v) is 14.0. The molecule has 0 aliphatic carbocycles. The van der Waals surface area contributed by atoms with E-state index in [0.29, 0.717) is 53.9 Å². The first-order chi connectivity index (χ1) is 18.7. The van der Waals surface area contributed by atoms with Crippen LogP contribution >= 0.6 is 50.9 Å². The fourth-order valence-corrected chi connectivity index (χ4v) is 5.58. The van der Waals surface area contributed by atoms with Gasteiger partial charge < -0.3 is 14.2 Å². The number of carbonyl (C=O) groups is 2. The number of thioether (sulfide) groups is 1. The molecule has 0 radical (unpaired) electrons.